The number of hydrogen-bond donors (Lipinski definition) is 3. The van der Waals surface area contributed by atoms with Crippen LogP contribution >= 0.6 is 0 Å². The van der Waals surface area contributed by atoms with Crippen LogP contribution < -0.4 is 10.6 Å². The summed E-state index contributed by atoms with van der Waals surface area (Å²) in [6.45, 7) is 5.12. The van der Waals surface area contributed by atoms with Crippen LogP contribution in [0.2, 0.25) is 0 Å². The number of aromatic nitrogens is 2. The Kier molecular flexibility index (Phi) is 4.90. The van der Waals surface area contributed by atoms with Gasteiger partial charge in [0.15, 0.2) is 0 Å². The summed E-state index contributed by atoms with van der Waals surface area (Å²) in [6, 6.07) is 9.57. The van der Waals surface area contributed by atoms with E-state index in [2.05, 4.69) is 20.6 Å². The van der Waals surface area contributed by atoms with E-state index in [0.717, 1.165) is 23.5 Å². The molecule has 0 saturated heterocycles. The fourth-order valence-electron chi connectivity index (χ4n) is 1.85. The zero-order valence-corrected chi connectivity index (χ0v) is 11.8. The van der Waals surface area contributed by atoms with Crippen LogP contribution in [0.1, 0.15) is 24.2 Å². The van der Waals surface area contributed by atoms with E-state index in [1.807, 2.05) is 44.2 Å². The van der Waals surface area contributed by atoms with Gasteiger partial charge in [0.1, 0.15) is 5.82 Å². The van der Waals surface area contributed by atoms with Crippen molar-refractivity contribution in [2.75, 3.05) is 23.7 Å². The maximum atomic E-state index is 10.1. The molecule has 0 aliphatic heterocycles. The molecule has 1 atom stereocenters. The Bertz CT molecular complexity index is 545. The third kappa shape index (κ3) is 3.68. The molecule has 0 bridgehead atoms. The second kappa shape index (κ2) is 6.86. The van der Waals surface area contributed by atoms with Crippen molar-refractivity contribution >= 4 is 11.8 Å². The maximum absolute atomic E-state index is 10.1. The number of anilines is 2. The van der Waals surface area contributed by atoms with Gasteiger partial charge in [-0.15, -0.1) is 0 Å². The summed E-state index contributed by atoms with van der Waals surface area (Å²) in [4.78, 5) is 8.57. The first kappa shape index (κ1) is 14.3. The number of hydrogen-bond acceptors (Lipinski definition) is 5. The van der Waals surface area contributed by atoms with Gasteiger partial charge in [0.25, 0.3) is 0 Å². The van der Waals surface area contributed by atoms with E-state index in [-0.39, 0.29) is 0 Å². The highest BCUT2D eigenvalue weighted by molar-refractivity contribution is 5.46. The lowest BCUT2D eigenvalue weighted by Crippen LogP contribution is -2.14. The van der Waals surface area contributed by atoms with Crippen LogP contribution in [0.25, 0.3) is 0 Å². The SMILES string of the molecule is CCNc1ncc(C)c(NCC(O)c2ccccc2)n1. The van der Waals surface area contributed by atoms with Gasteiger partial charge in [-0.1, -0.05) is 30.3 Å². The average molecular weight is 272 g/mol. The highest BCUT2D eigenvalue weighted by Crippen LogP contribution is 2.16. The molecule has 0 fully saturated rings. The third-order valence-electron chi connectivity index (χ3n) is 2.95. The van der Waals surface area contributed by atoms with Crippen molar-refractivity contribution in [1.29, 1.82) is 0 Å². The molecule has 2 aromatic rings. The predicted molar refractivity (Wildman–Crippen MR) is 80.8 cm³/mol. The molecule has 1 aromatic carbocycles. The van der Waals surface area contributed by atoms with Crippen LogP contribution in [0.5, 0.6) is 0 Å². The number of aryl methyl sites for hydroxylation is 1. The average Bonchev–Trinajstić information content (AvgIpc) is 2.48. The van der Waals surface area contributed by atoms with Gasteiger partial charge in [0.2, 0.25) is 5.95 Å². The minimum absolute atomic E-state index is 0.410. The quantitative estimate of drug-likeness (QED) is 0.753. The normalized spacial score (nSPS) is 11.9. The molecule has 0 spiro atoms. The first-order valence-electron chi connectivity index (χ1n) is 6.75. The molecule has 0 saturated carbocycles. The molecule has 2 rings (SSSR count). The minimum atomic E-state index is -0.562. The Morgan fingerprint density at radius 3 is 2.65 bits per heavy atom. The highest BCUT2D eigenvalue weighted by atomic mass is 16.3. The van der Waals surface area contributed by atoms with Gasteiger partial charge in [-0.25, -0.2) is 4.98 Å². The Balaban J connectivity index is 2.01. The molecule has 20 heavy (non-hydrogen) atoms. The fraction of sp³-hybridized carbons (Fsp3) is 0.333. The standard InChI is InChI=1S/C15H20N4O/c1-3-16-15-18-9-11(2)14(19-15)17-10-13(20)12-7-5-4-6-8-12/h4-9,13,20H,3,10H2,1-2H3,(H2,16,17,18,19). The second-order valence-electron chi connectivity index (χ2n) is 4.56. The number of aliphatic hydroxyl groups excluding tert-OH is 1. The lowest BCUT2D eigenvalue weighted by Gasteiger charge is -2.14. The van der Waals surface area contributed by atoms with Crippen molar-refractivity contribution in [2.24, 2.45) is 0 Å². The minimum Gasteiger partial charge on any atom is -0.387 e. The summed E-state index contributed by atoms with van der Waals surface area (Å²) < 4.78 is 0. The molecule has 0 aliphatic carbocycles. The van der Waals surface area contributed by atoms with E-state index in [1.54, 1.807) is 6.20 Å². The van der Waals surface area contributed by atoms with Crippen molar-refractivity contribution in [1.82, 2.24) is 9.97 Å². The van der Waals surface area contributed by atoms with E-state index >= 15 is 0 Å². The summed E-state index contributed by atoms with van der Waals surface area (Å²) in [5.41, 5.74) is 1.84. The van der Waals surface area contributed by atoms with Gasteiger partial charge in [0.05, 0.1) is 6.10 Å². The first-order chi connectivity index (χ1) is 9.70. The van der Waals surface area contributed by atoms with Crippen molar-refractivity contribution < 1.29 is 5.11 Å². The number of nitrogens with one attached hydrogen (secondary N) is 2. The van der Waals surface area contributed by atoms with Crippen LogP contribution in [-0.2, 0) is 0 Å². The smallest absolute Gasteiger partial charge is 0.224 e. The largest absolute Gasteiger partial charge is 0.387 e. The molecular weight excluding hydrogens is 252 g/mol. The Labute approximate surface area is 119 Å². The lowest BCUT2D eigenvalue weighted by atomic mass is 10.1. The molecule has 106 valence electrons. The van der Waals surface area contributed by atoms with Gasteiger partial charge in [-0.2, -0.15) is 4.98 Å². The van der Waals surface area contributed by atoms with E-state index in [1.165, 1.54) is 0 Å². The topological polar surface area (TPSA) is 70.1 Å². The van der Waals surface area contributed by atoms with Crippen LogP contribution in [-0.4, -0.2) is 28.2 Å². The lowest BCUT2D eigenvalue weighted by molar-refractivity contribution is 0.191. The molecule has 3 N–H and O–H groups in total. The number of rotatable bonds is 6. The molecule has 0 radical (unpaired) electrons. The molecule has 0 amide bonds. The van der Waals surface area contributed by atoms with E-state index in [4.69, 9.17) is 0 Å². The van der Waals surface area contributed by atoms with Gasteiger partial charge < -0.3 is 15.7 Å². The molecular formula is C15H20N4O. The maximum Gasteiger partial charge on any atom is 0.224 e. The van der Waals surface area contributed by atoms with Crippen LogP contribution in [0, 0.1) is 6.92 Å². The molecule has 1 aromatic heterocycles. The third-order valence-corrected chi connectivity index (χ3v) is 2.95. The summed E-state index contributed by atoms with van der Waals surface area (Å²) in [7, 11) is 0. The number of aliphatic hydroxyl groups is 1. The summed E-state index contributed by atoms with van der Waals surface area (Å²) >= 11 is 0. The van der Waals surface area contributed by atoms with E-state index in [0.29, 0.717) is 12.5 Å². The molecule has 0 aliphatic rings. The molecule has 5 nitrogen and oxygen atoms in total. The summed E-state index contributed by atoms with van der Waals surface area (Å²) in [6.07, 6.45) is 1.20. The van der Waals surface area contributed by atoms with Crippen molar-refractivity contribution in [3.8, 4) is 0 Å². The zero-order valence-electron chi connectivity index (χ0n) is 11.8. The molecule has 1 heterocycles. The summed E-state index contributed by atoms with van der Waals surface area (Å²) in [5, 5.41) is 16.4. The highest BCUT2D eigenvalue weighted by Gasteiger charge is 2.09. The van der Waals surface area contributed by atoms with Crippen molar-refractivity contribution in [3.05, 3.63) is 47.7 Å². The second-order valence-corrected chi connectivity index (χ2v) is 4.56. The van der Waals surface area contributed by atoms with Crippen molar-refractivity contribution in [3.63, 3.8) is 0 Å². The summed E-state index contributed by atoms with van der Waals surface area (Å²) in [5.74, 6) is 1.33. The predicted octanol–water partition coefficient (Wildman–Crippen LogP) is 2.36. The van der Waals surface area contributed by atoms with Crippen LogP contribution in [0.4, 0.5) is 11.8 Å². The Hall–Kier alpha value is -2.14. The zero-order chi connectivity index (χ0) is 14.4. The Morgan fingerprint density at radius 2 is 1.95 bits per heavy atom. The van der Waals surface area contributed by atoms with Crippen LogP contribution in [0.3, 0.4) is 0 Å². The number of nitrogens with zero attached hydrogens (tertiary/aromatic N) is 2. The van der Waals surface area contributed by atoms with Crippen LogP contribution in [0.15, 0.2) is 36.5 Å². The molecule has 5 heteroatoms. The fourth-order valence-corrected chi connectivity index (χ4v) is 1.85. The Morgan fingerprint density at radius 1 is 1.20 bits per heavy atom. The van der Waals surface area contributed by atoms with E-state index < -0.39 is 6.10 Å². The first-order valence-corrected chi connectivity index (χ1v) is 6.75. The van der Waals surface area contributed by atoms with Gasteiger partial charge in [0, 0.05) is 24.8 Å². The van der Waals surface area contributed by atoms with Crippen molar-refractivity contribution in [2.45, 2.75) is 20.0 Å². The van der Waals surface area contributed by atoms with Gasteiger partial charge in [-0.3, -0.25) is 0 Å². The molecule has 1 unspecified atom stereocenters. The van der Waals surface area contributed by atoms with E-state index in [9.17, 15) is 5.11 Å². The number of benzene rings is 1. The van der Waals surface area contributed by atoms with Gasteiger partial charge >= 0.3 is 0 Å². The van der Waals surface area contributed by atoms with Gasteiger partial charge in [-0.05, 0) is 19.4 Å². The monoisotopic (exact) mass is 272 g/mol.